The van der Waals surface area contributed by atoms with Gasteiger partial charge in [0.15, 0.2) is 25.0 Å². The number of esters is 1. The second-order valence-corrected chi connectivity index (χ2v) is 38.6. The summed E-state index contributed by atoms with van der Waals surface area (Å²) >= 11 is 0. The van der Waals surface area contributed by atoms with Crippen LogP contribution in [0.5, 0.6) is 0 Å². The van der Waals surface area contributed by atoms with Gasteiger partial charge in [0.05, 0.1) is 109 Å². The van der Waals surface area contributed by atoms with Crippen LogP contribution in [0.1, 0.15) is 153 Å². The summed E-state index contributed by atoms with van der Waals surface area (Å²) in [4.78, 5) is 15.2. The quantitative estimate of drug-likeness (QED) is 0.0261. The van der Waals surface area contributed by atoms with E-state index in [-0.39, 0.29) is 74.7 Å². The van der Waals surface area contributed by atoms with Crippen LogP contribution in [0, 0.1) is 46.3 Å². The monoisotopic (exact) mass is 1800 g/mol. The molecule has 26 atom stereocenters. The molecule has 3 saturated carbocycles. The highest BCUT2D eigenvalue weighted by molar-refractivity contribution is 5.89. The van der Waals surface area contributed by atoms with E-state index in [4.69, 9.17) is 80.5 Å². The van der Waals surface area contributed by atoms with Gasteiger partial charge < -0.3 is 80.5 Å². The Hall–Kier alpha value is -9.23. The van der Waals surface area contributed by atoms with Gasteiger partial charge in [0.2, 0.25) is 0 Å². The fourth-order valence-electron chi connectivity index (χ4n) is 22.8. The van der Waals surface area contributed by atoms with Crippen LogP contribution in [0.2, 0.25) is 0 Å². The molecule has 0 N–H and O–H groups in total. The molecule has 4 heterocycles. The van der Waals surface area contributed by atoms with Crippen molar-refractivity contribution in [2.24, 2.45) is 46.3 Å². The van der Waals surface area contributed by atoms with Crippen LogP contribution in [0.3, 0.4) is 0 Å². The zero-order valence-electron chi connectivity index (χ0n) is 77.5. The van der Waals surface area contributed by atoms with E-state index >= 15 is 4.79 Å². The maximum atomic E-state index is 15.2. The summed E-state index contributed by atoms with van der Waals surface area (Å²) in [6.45, 7) is 15.3. The molecule has 4 aliphatic carbocycles. The summed E-state index contributed by atoms with van der Waals surface area (Å²) in [5.41, 5.74) is 10.9. The van der Waals surface area contributed by atoms with Crippen molar-refractivity contribution in [2.45, 2.75) is 262 Å². The summed E-state index contributed by atoms with van der Waals surface area (Å²) in [6.07, 6.45) is -1.22. The molecule has 0 spiro atoms. The van der Waals surface area contributed by atoms with Crippen LogP contribution in [-0.2, 0) is 140 Å². The van der Waals surface area contributed by atoms with Gasteiger partial charge in [-0.15, -0.1) is 0 Å². The van der Waals surface area contributed by atoms with Crippen molar-refractivity contribution in [3.8, 4) is 0 Å². The summed E-state index contributed by atoms with van der Waals surface area (Å²) in [7, 11) is 0. The average Bonchev–Trinajstić information content (AvgIpc) is 1.56. The fourth-order valence-corrected chi connectivity index (χ4v) is 22.8. The first-order valence-corrected chi connectivity index (χ1v) is 48.6. The molecule has 0 radical (unpaired) electrons. The van der Waals surface area contributed by atoms with E-state index in [1.54, 1.807) is 12.1 Å². The van der Waals surface area contributed by atoms with Gasteiger partial charge in [-0.2, -0.15) is 0 Å². The third-order valence-corrected chi connectivity index (χ3v) is 29.7. The van der Waals surface area contributed by atoms with Crippen LogP contribution in [0.25, 0.3) is 0 Å². The number of carbonyl (C=O) groups excluding carboxylic acids is 1. The zero-order valence-corrected chi connectivity index (χ0v) is 77.5. The Morgan fingerprint density at radius 3 is 1.25 bits per heavy atom. The summed E-state index contributed by atoms with van der Waals surface area (Å²) in [6, 6.07) is 101. The summed E-state index contributed by atoms with van der Waals surface area (Å²) < 4.78 is 122. The lowest BCUT2D eigenvalue weighted by Crippen LogP contribution is -2.66. The Bertz CT molecular complexity index is 5170. The minimum absolute atomic E-state index is 0.0382. The number of carbonyl (C=O) groups is 1. The maximum Gasteiger partial charge on any atom is 0.338 e. The normalized spacial score (nSPS) is 31.4. The number of ether oxygens (including phenoxy) is 17. The Balaban J connectivity index is 0.575. The average molecular weight is 1800 g/mol. The Labute approximate surface area is 785 Å². The van der Waals surface area contributed by atoms with Crippen LogP contribution in [0.15, 0.2) is 315 Å². The lowest BCUT2D eigenvalue weighted by atomic mass is 9.47. The smallest absolute Gasteiger partial charge is 0.338 e. The van der Waals surface area contributed by atoms with E-state index in [0.717, 1.165) is 101 Å². The first-order chi connectivity index (χ1) is 65.3. The molecule has 700 valence electrons. The number of hydrogen-bond donors (Lipinski definition) is 0. The Morgan fingerprint density at radius 2 is 0.774 bits per heavy atom. The molecule has 7 fully saturated rings. The number of rotatable bonds is 41. The van der Waals surface area contributed by atoms with Gasteiger partial charge in [-0.1, -0.05) is 331 Å². The third-order valence-electron chi connectivity index (χ3n) is 29.7. The molecule has 18 rings (SSSR count). The molecule has 133 heavy (non-hydrogen) atoms. The van der Waals surface area contributed by atoms with Gasteiger partial charge >= 0.3 is 5.97 Å². The van der Waals surface area contributed by atoms with E-state index in [9.17, 15) is 0 Å². The molecule has 18 nitrogen and oxygen atoms in total. The van der Waals surface area contributed by atoms with Crippen LogP contribution >= 0.6 is 0 Å². The Morgan fingerprint density at radius 1 is 0.383 bits per heavy atom. The predicted molar refractivity (Wildman–Crippen MR) is 507 cm³/mol. The van der Waals surface area contributed by atoms with Crippen molar-refractivity contribution in [1.82, 2.24) is 0 Å². The minimum atomic E-state index is -1.19. The first kappa shape index (κ1) is 94.1. The molecule has 0 aromatic heterocycles. The van der Waals surface area contributed by atoms with E-state index in [1.165, 1.54) is 5.57 Å². The van der Waals surface area contributed by atoms with Crippen molar-refractivity contribution in [1.29, 1.82) is 0 Å². The molecule has 4 saturated heterocycles. The summed E-state index contributed by atoms with van der Waals surface area (Å²) in [5.74, 6) is 2.00. The largest absolute Gasteiger partial charge is 0.450 e. The van der Waals surface area contributed by atoms with Crippen LogP contribution in [-0.4, -0.2) is 136 Å². The van der Waals surface area contributed by atoms with Crippen molar-refractivity contribution >= 4 is 5.97 Å². The predicted octanol–water partition coefficient (Wildman–Crippen LogP) is 21.7. The van der Waals surface area contributed by atoms with Gasteiger partial charge in [-0.05, 0) is 173 Å². The van der Waals surface area contributed by atoms with E-state index in [1.807, 2.05) is 225 Å². The number of hydrogen-bond acceptors (Lipinski definition) is 18. The van der Waals surface area contributed by atoms with Crippen molar-refractivity contribution in [2.75, 3.05) is 19.8 Å². The van der Waals surface area contributed by atoms with Gasteiger partial charge in [-0.25, -0.2) is 4.79 Å². The standard InChI is InChI=1S/C115H132O18/c1-78(66-126-111-107(124-74-88-50-30-13-31-51-88)105(122-72-86-46-26-11-27-47-86)102(120-70-84-42-22-9-23-43-84)98(130-111)76-117-67-81-36-16-6-17-37-81)56-59-96-79(2)100-97(129-96)65-95-93-58-57-91-64-92(60-62-114(91,4)94(93)61-63-115(95,100)5)128-113-109(132-110(116)90-54-34-15-35-55-90)106(123-73-87-48-28-12-29-49-87)103(99(131-113)77-118-68-82-38-18-7-19-39-82)133-112-108(125-75-89-52-32-14-33-53-89)104(121-71-85-44-24-10-25-45-85)101(80(3)127-112)119-69-83-40-20-8-21-41-83/h6-55,57,78-80,92-109,111-113H,56,58-77H2,1-5H3/t78-,79-,80+,92+,93-,94+,95+,96-,97+,98-,99-,100+,101+,102-,103-,104-,105+,106+,107-,108-,109-,111-,112+,113-,114+,115+/m1/s1. The molecule has 0 bridgehead atoms. The highest BCUT2D eigenvalue weighted by Gasteiger charge is 2.66. The zero-order chi connectivity index (χ0) is 90.7. The molecule has 8 aliphatic rings. The van der Waals surface area contributed by atoms with Gasteiger partial charge in [0.25, 0.3) is 0 Å². The van der Waals surface area contributed by atoms with E-state index in [2.05, 4.69) is 107 Å². The highest BCUT2D eigenvalue weighted by Crippen LogP contribution is 2.69. The maximum absolute atomic E-state index is 15.2. The molecule has 0 unspecified atom stereocenters. The lowest BCUT2D eigenvalue weighted by molar-refractivity contribution is -0.373. The number of allylic oxidation sites excluding steroid dienone is 1. The molecule has 0 amide bonds. The second kappa shape index (κ2) is 45.6. The van der Waals surface area contributed by atoms with Gasteiger partial charge in [-0.3, -0.25) is 0 Å². The lowest BCUT2D eigenvalue weighted by Gasteiger charge is -2.58. The number of fused-ring (bicyclic) bond motifs is 7. The second-order valence-electron chi connectivity index (χ2n) is 38.6. The molecule has 18 heteroatoms. The molecular weight excluding hydrogens is 1670 g/mol. The minimum Gasteiger partial charge on any atom is -0.450 e. The van der Waals surface area contributed by atoms with Crippen LogP contribution in [0.4, 0.5) is 0 Å². The van der Waals surface area contributed by atoms with E-state index < -0.39 is 98.1 Å². The first-order valence-electron chi connectivity index (χ1n) is 48.6. The van der Waals surface area contributed by atoms with Crippen molar-refractivity contribution < 1.29 is 85.3 Å². The topological polar surface area (TPSA) is 174 Å². The fraction of sp³-hybridized carbons (Fsp3) is 0.452. The SMILES string of the molecule is C[C@H](CC[C@H]1O[C@H]2C[C@H]3[C@@H]4CC=C5C[C@@H](O[C@@H]6O[C@H](COCc7ccccc7)[C@@H](O[C@@H]7O[C@@H](C)[C@H](OCc8ccccc8)[C@@H](OCc8ccccc8)[C@H]7OCc7ccccc7)[C@H](OCc7ccccc7)[C@H]6OC(=O)c6ccccc6)CC[C@]5(C)[C@H]4CC[C@]3(C)[C@H]2[C@@H]1C)CO[C@@H]1O[C@H](COCc2ccccc2)[C@@H](OCc2ccccc2)[C@H](OCc2ccccc2)[C@H]1OCc1ccccc1. The molecular formula is C115H132O18. The third kappa shape index (κ3) is 23.4. The van der Waals surface area contributed by atoms with Crippen molar-refractivity contribution in [3.63, 3.8) is 0 Å². The number of benzene rings is 10. The Kier molecular flexibility index (Phi) is 32.3. The van der Waals surface area contributed by atoms with Crippen LogP contribution < -0.4 is 0 Å². The highest BCUT2D eigenvalue weighted by atomic mass is 16.8. The molecule has 10 aromatic carbocycles. The molecule has 4 aliphatic heterocycles. The van der Waals surface area contributed by atoms with Gasteiger partial charge in [0.1, 0.15) is 61.0 Å². The molecule has 10 aromatic rings. The van der Waals surface area contributed by atoms with Gasteiger partial charge in [0, 0.05) is 0 Å². The van der Waals surface area contributed by atoms with Crippen molar-refractivity contribution in [3.05, 3.63) is 371 Å². The van der Waals surface area contributed by atoms with E-state index in [0.29, 0.717) is 81.2 Å². The summed E-state index contributed by atoms with van der Waals surface area (Å²) in [5, 5.41) is 0.